The zero-order chi connectivity index (χ0) is 12.3. The second kappa shape index (κ2) is 5.50. The lowest BCUT2D eigenvalue weighted by Crippen LogP contribution is -2.28. The van der Waals surface area contributed by atoms with Gasteiger partial charge in [0.1, 0.15) is 5.82 Å². The van der Waals surface area contributed by atoms with Gasteiger partial charge in [-0.1, -0.05) is 30.5 Å². The molecule has 1 aromatic rings. The number of hydrogen-bond acceptors (Lipinski definition) is 1. The second-order valence-electron chi connectivity index (χ2n) is 4.45. The minimum absolute atomic E-state index is 0.0950. The molecule has 1 N–H and O–H groups in total. The summed E-state index contributed by atoms with van der Waals surface area (Å²) in [4.78, 5) is 11.8. The van der Waals surface area contributed by atoms with Crippen molar-refractivity contribution in [2.24, 2.45) is 5.92 Å². The van der Waals surface area contributed by atoms with Crippen molar-refractivity contribution in [2.75, 3.05) is 0 Å². The molecule has 0 unspecified atom stereocenters. The Labute approximate surface area is 105 Å². The largest absolute Gasteiger partial charge is 0.352 e. The molecule has 1 aliphatic carbocycles. The van der Waals surface area contributed by atoms with Crippen LogP contribution < -0.4 is 5.32 Å². The number of benzene rings is 1. The summed E-state index contributed by atoms with van der Waals surface area (Å²) in [5.41, 5.74) is 0.822. The molecule has 0 aliphatic heterocycles. The Bertz CT molecular complexity index is 416. The molecule has 1 aliphatic rings. The SMILES string of the molecule is O=C(NCc1ccc(F)c(Cl)c1)C1CCCC1. The second-order valence-corrected chi connectivity index (χ2v) is 4.85. The molecule has 0 atom stereocenters. The van der Waals surface area contributed by atoms with Gasteiger partial charge in [-0.3, -0.25) is 4.79 Å². The van der Waals surface area contributed by atoms with Gasteiger partial charge in [-0.25, -0.2) is 4.39 Å². The molecule has 1 aromatic carbocycles. The van der Waals surface area contributed by atoms with E-state index in [9.17, 15) is 9.18 Å². The molecule has 0 heterocycles. The highest BCUT2D eigenvalue weighted by molar-refractivity contribution is 6.30. The minimum atomic E-state index is -0.433. The molecule has 0 spiro atoms. The molecule has 4 heteroatoms. The fraction of sp³-hybridized carbons (Fsp3) is 0.462. The molecule has 0 saturated heterocycles. The van der Waals surface area contributed by atoms with Crippen LogP contribution in [0.1, 0.15) is 31.2 Å². The van der Waals surface area contributed by atoms with Crippen LogP contribution in [0, 0.1) is 11.7 Å². The zero-order valence-electron chi connectivity index (χ0n) is 9.51. The van der Waals surface area contributed by atoms with Gasteiger partial charge in [0, 0.05) is 12.5 Å². The fourth-order valence-electron chi connectivity index (χ4n) is 2.17. The third-order valence-electron chi connectivity index (χ3n) is 3.18. The van der Waals surface area contributed by atoms with Gasteiger partial charge in [0.25, 0.3) is 0 Å². The summed E-state index contributed by atoms with van der Waals surface area (Å²) in [6, 6.07) is 4.50. The molecule has 0 radical (unpaired) electrons. The molecule has 1 amide bonds. The summed E-state index contributed by atoms with van der Waals surface area (Å²) >= 11 is 5.67. The molecule has 1 saturated carbocycles. The van der Waals surface area contributed by atoms with Gasteiger partial charge < -0.3 is 5.32 Å². The first-order chi connectivity index (χ1) is 8.16. The molecule has 92 valence electrons. The van der Waals surface area contributed by atoms with Crippen LogP contribution in [0.15, 0.2) is 18.2 Å². The highest BCUT2D eigenvalue weighted by Crippen LogP contribution is 2.24. The first-order valence-corrected chi connectivity index (χ1v) is 6.26. The van der Waals surface area contributed by atoms with E-state index in [1.54, 1.807) is 12.1 Å². The van der Waals surface area contributed by atoms with E-state index < -0.39 is 5.82 Å². The van der Waals surface area contributed by atoms with Crippen molar-refractivity contribution in [3.63, 3.8) is 0 Å². The first kappa shape index (κ1) is 12.4. The highest BCUT2D eigenvalue weighted by Gasteiger charge is 2.22. The van der Waals surface area contributed by atoms with Crippen molar-refractivity contribution in [1.29, 1.82) is 0 Å². The summed E-state index contributed by atoms with van der Waals surface area (Å²) in [6.07, 6.45) is 4.24. The third kappa shape index (κ3) is 3.19. The average Bonchev–Trinajstić information content (AvgIpc) is 2.84. The molecule has 2 nitrogen and oxygen atoms in total. The van der Waals surface area contributed by atoms with E-state index in [4.69, 9.17) is 11.6 Å². The van der Waals surface area contributed by atoms with Gasteiger partial charge in [-0.15, -0.1) is 0 Å². The van der Waals surface area contributed by atoms with Crippen LogP contribution in [-0.2, 0) is 11.3 Å². The summed E-state index contributed by atoms with van der Waals surface area (Å²) in [6.45, 7) is 0.412. The maximum Gasteiger partial charge on any atom is 0.223 e. The Balaban J connectivity index is 1.88. The Morgan fingerprint density at radius 1 is 1.41 bits per heavy atom. The van der Waals surface area contributed by atoms with Crippen molar-refractivity contribution in [3.8, 4) is 0 Å². The molecular formula is C13H15ClFNO. The van der Waals surface area contributed by atoms with E-state index in [1.807, 2.05) is 0 Å². The quantitative estimate of drug-likeness (QED) is 0.882. The third-order valence-corrected chi connectivity index (χ3v) is 3.47. The average molecular weight is 256 g/mol. The lowest BCUT2D eigenvalue weighted by atomic mass is 10.1. The van der Waals surface area contributed by atoms with Crippen LogP contribution in [0.5, 0.6) is 0 Å². The lowest BCUT2D eigenvalue weighted by Gasteiger charge is -2.10. The van der Waals surface area contributed by atoms with Crippen LogP contribution in [0.25, 0.3) is 0 Å². The summed E-state index contributed by atoms with van der Waals surface area (Å²) in [5.74, 6) is -0.175. The number of carbonyl (C=O) groups excluding carboxylic acids is 1. The lowest BCUT2D eigenvalue weighted by molar-refractivity contribution is -0.124. The smallest absolute Gasteiger partial charge is 0.223 e. The molecule has 1 fully saturated rings. The Kier molecular flexibility index (Phi) is 4.00. The zero-order valence-corrected chi connectivity index (χ0v) is 10.3. The van der Waals surface area contributed by atoms with E-state index in [2.05, 4.69) is 5.32 Å². The van der Waals surface area contributed by atoms with E-state index in [1.165, 1.54) is 6.07 Å². The van der Waals surface area contributed by atoms with Gasteiger partial charge in [0.2, 0.25) is 5.91 Å². The number of hydrogen-bond donors (Lipinski definition) is 1. The van der Waals surface area contributed by atoms with Crippen molar-refractivity contribution < 1.29 is 9.18 Å². The van der Waals surface area contributed by atoms with Gasteiger partial charge in [-0.2, -0.15) is 0 Å². The number of rotatable bonds is 3. The first-order valence-electron chi connectivity index (χ1n) is 5.88. The van der Waals surface area contributed by atoms with Crippen molar-refractivity contribution in [3.05, 3.63) is 34.6 Å². The maximum atomic E-state index is 12.9. The predicted molar refractivity (Wildman–Crippen MR) is 65.2 cm³/mol. The number of halogens is 2. The predicted octanol–water partition coefficient (Wildman–Crippen LogP) is 3.29. The number of nitrogens with one attached hydrogen (secondary N) is 1. The molecule has 17 heavy (non-hydrogen) atoms. The normalized spacial score (nSPS) is 16.1. The highest BCUT2D eigenvalue weighted by atomic mass is 35.5. The monoisotopic (exact) mass is 255 g/mol. The van der Waals surface area contributed by atoms with Crippen molar-refractivity contribution >= 4 is 17.5 Å². The van der Waals surface area contributed by atoms with E-state index in [-0.39, 0.29) is 16.8 Å². The number of amides is 1. The van der Waals surface area contributed by atoms with Gasteiger partial charge in [0.05, 0.1) is 5.02 Å². The van der Waals surface area contributed by atoms with Gasteiger partial charge in [-0.05, 0) is 30.5 Å². The van der Waals surface area contributed by atoms with Crippen molar-refractivity contribution in [2.45, 2.75) is 32.2 Å². The molecule has 0 bridgehead atoms. The number of carbonyl (C=O) groups is 1. The summed E-state index contributed by atoms with van der Waals surface area (Å²) < 4.78 is 12.9. The van der Waals surface area contributed by atoms with E-state index >= 15 is 0 Å². The Morgan fingerprint density at radius 3 is 2.76 bits per heavy atom. The van der Waals surface area contributed by atoms with E-state index in [0.29, 0.717) is 6.54 Å². The van der Waals surface area contributed by atoms with Crippen LogP contribution in [0.3, 0.4) is 0 Å². The van der Waals surface area contributed by atoms with Crippen LogP contribution in [0.4, 0.5) is 4.39 Å². The van der Waals surface area contributed by atoms with Gasteiger partial charge in [0.15, 0.2) is 0 Å². The topological polar surface area (TPSA) is 29.1 Å². The Hall–Kier alpha value is -1.09. The van der Waals surface area contributed by atoms with Crippen LogP contribution in [0.2, 0.25) is 5.02 Å². The molecule has 2 rings (SSSR count). The Morgan fingerprint density at radius 2 is 2.12 bits per heavy atom. The molecule has 0 aromatic heterocycles. The van der Waals surface area contributed by atoms with Crippen LogP contribution in [-0.4, -0.2) is 5.91 Å². The fourth-order valence-corrected chi connectivity index (χ4v) is 2.37. The maximum absolute atomic E-state index is 12.9. The standard InChI is InChI=1S/C13H15ClFNO/c14-11-7-9(5-6-12(11)15)8-16-13(17)10-3-1-2-4-10/h5-7,10H,1-4,8H2,(H,16,17). The minimum Gasteiger partial charge on any atom is -0.352 e. The molecular weight excluding hydrogens is 241 g/mol. The van der Waals surface area contributed by atoms with E-state index in [0.717, 1.165) is 31.2 Å². The van der Waals surface area contributed by atoms with Crippen LogP contribution >= 0.6 is 11.6 Å². The summed E-state index contributed by atoms with van der Waals surface area (Å²) in [5, 5.41) is 2.96. The van der Waals surface area contributed by atoms with Gasteiger partial charge >= 0.3 is 0 Å². The summed E-state index contributed by atoms with van der Waals surface area (Å²) in [7, 11) is 0. The van der Waals surface area contributed by atoms with Crippen molar-refractivity contribution in [1.82, 2.24) is 5.32 Å².